The van der Waals surface area contributed by atoms with Crippen LogP contribution in [0.1, 0.15) is 54.9 Å². The van der Waals surface area contributed by atoms with E-state index in [0.717, 1.165) is 29.6 Å². The molecule has 0 nitrogen and oxygen atoms in total. The maximum absolute atomic E-state index is 2.46. The summed E-state index contributed by atoms with van der Waals surface area (Å²) >= 11 is 0. The lowest BCUT2D eigenvalue weighted by Gasteiger charge is -2.35. The fourth-order valence-corrected chi connectivity index (χ4v) is 3.07. The third-order valence-corrected chi connectivity index (χ3v) is 5.05. The number of hydrogen-bond acceptors (Lipinski definition) is 0. The summed E-state index contributed by atoms with van der Waals surface area (Å²) in [4.78, 5) is 0. The zero-order chi connectivity index (χ0) is 11.1. The fraction of sp³-hybridized carbons (Fsp3) is 1.00. The average Bonchev–Trinajstić information content (AvgIpc) is 2.30. The van der Waals surface area contributed by atoms with Gasteiger partial charge >= 0.3 is 0 Å². The summed E-state index contributed by atoms with van der Waals surface area (Å²) in [6.45, 7) is 16.9. The van der Waals surface area contributed by atoms with E-state index in [9.17, 15) is 0 Å². The second-order valence-electron chi connectivity index (χ2n) is 6.75. The van der Waals surface area contributed by atoms with Crippen LogP contribution in [0.15, 0.2) is 0 Å². The molecule has 0 bridgehead atoms. The van der Waals surface area contributed by atoms with Gasteiger partial charge in [0.15, 0.2) is 0 Å². The zero-order valence-electron chi connectivity index (χ0n) is 11.1. The van der Waals surface area contributed by atoms with Gasteiger partial charge in [-0.25, -0.2) is 0 Å². The van der Waals surface area contributed by atoms with Crippen LogP contribution in [0, 0.1) is 35.0 Å². The molecule has 0 heteroatoms. The van der Waals surface area contributed by atoms with Gasteiger partial charge in [0, 0.05) is 0 Å². The van der Waals surface area contributed by atoms with E-state index in [1.54, 1.807) is 0 Å². The molecule has 0 aromatic carbocycles. The molecule has 0 N–H and O–H groups in total. The molecule has 5 unspecified atom stereocenters. The summed E-state index contributed by atoms with van der Waals surface area (Å²) in [5.41, 5.74) is 0.475. The normalized spacial score (nSPS) is 41.4. The lowest BCUT2D eigenvalue weighted by atomic mass is 9.70. The van der Waals surface area contributed by atoms with Crippen LogP contribution < -0.4 is 0 Å². The van der Waals surface area contributed by atoms with Crippen molar-refractivity contribution in [3.05, 3.63) is 0 Å². The predicted octanol–water partition coefficient (Wildman–Crippen LogP) is 4.60. The van der Waals surface area contributed by atoms with Crippen molar-refractivity contribution in [3.8, 4) is 0 Å². The summed E-state index contributed by atoms with van der Waals surface area (Å²) in [5.74, 6) is 4.56. The summed E-state index contributed by atoms with van der Waals surface area (Å²) in [6, 6.07) is 0. The summed E-state index contributed by atoms with van der Waals surface area (Å²) < 4.78 is 0. The van der Waals surface area contributed by atoms with Crippen LogP contribution in [0.5, 0.6) is 0 Å². The second kappa shape index (κ2) is 3.87. The third-order valence-electron chi connectivity index (χ3n) is 5.05. The van der Waals surface area contributed by atoms with Crippen molar-refractivity contribution in [1.82, 2.24) is 0 Å². The quantitative estimate of drug-likeness (QED) is 0.575. The molecular formula is C14H28. The van der Waals surface area contributed by atoms with Gasteiger partial charge in [0.25, 0.3) is 0 Å². The molecule has 5 atom stereocenters. The van der Waals surface area contributed by atoms with E-state index in [2.05, 4.69) is 48.5 Å². The highest BCUT2D eigenvalue weighted by atomic mass is 14.5. The molecular weight excluding hydrogens is 168 g/mol. The monoisotopic (exact) mass is 196 g/mol. The van der Waals surface area contributed by atoms with Gasteiger partial charge in [-0.15, -0.1) is 0 Å². The molecule has 1 aliphatic carbocycles. The van der Waals surface area contributed by atoms with Crippen LogP contribution in [-0.4, -0.2) is 0 Å². The van der Waals surface area contributed by atoms with E-state index in [1.165, 1.54) is 6.42 Å². The fourth-order valence-electron chi connectivity index (χ4n) is 3.07. The second-order valence-corrected chi connectivity index (χ2v) is 6.75. The smallest absolute Gasteiger partial charge is 0.0352 e. The van der Waals surface area contributed by atoms with Crippen molar-refractivity contribution in [2.24, 2.45) is 35.0 Å². The van der Waals surface area contributed by atoms with Crippen molar-refractivity contribution in [3.63, 3.8) is 0 Å². The number of rotatable bonds is 1. The molecule has 0 radical (unpaired) electrons. The minimum atomic E-state index is 0.475. The first kappa shape index (κ1) is 12.1. The Morgan fingerprint density at radius 1 is 1.00 bits per heavy atom. The van der Waals surface area contributed by atoms with Crippen LogP contribution in [0.3, 0.4) is 0 Å². The van der Waals surface area contributed by atoms with Gasteiger partial charge in [0.1, 0.15) is 0 Å². The molecule has 0 heterocycles. The molecule has 1 rings (SSSR count). The third kappa shape index (κ3) is 2.15. The summed E-state index contributed by atoms with van der Waals surface area (Å²) in [6.07, 6.45) is 1.45. The minimum Gasteiger partial charge on any atom is -0.0622 e. The van der Waals surface area contributed by atoms with E-state index in [1.807, 2.05) is 0 Å². The topological polar surface area (TPSA) is 0 Å². The van der Waals surface area contributed by atoms with Gasteiger partial charge in [-0.3, -0.25) is 0 Å². The van der Waals surface area contributed by atoms with Crippen molar-refractivity contribution >= 4 is 0 Å². The average molecular weight is 196 g/mol. The van der Waals surface area contributed by atoms with E-state index in [4.69, 9.17) is 0 Å². The SMILES string of the molecule is CC1CC(C(C)C(C)(C)C)C(C)C1C. The zero-order valence-corrected chi connectivity index (χ0v) is 11.1. The molecule has 0 amide bonds. The first-order chi connectivity index (χ1) is 6.25. The highest BCUT2D eigenvalue weighted by Crippen LogP contribution is 2.48. The highest BCUT2D eigenvalue weighted by Gasteiger charge is 2.41. The minimum absolute atomic E-state index is 0.475. The predicted molar refractivity (Wildman–Crippen MR) is 64.2 cm³/mol. The Kier molecular flexibility index (Phi) is 3.33. The molecule has 1 aliphatic rings. The van der Waals surface area contributed by atoms with E-state index >= 15 is 0 Å². The largest absolute Gasteiger partial charge is 0.0622 e. The van der Waals surface area contributed by atoms with Crippen LogP contribution in [0.4, 0.5) is 0 Å². The Hall–Kier alpha value is 0. The van der Waals surface area contributed by atoms with Gasteiger partial charge in [0.05, 0.1) is 0 Å². The van der Waals surface area contributed by atoms with Crippen molar-refractivity contribution in [2.45, 2.75) is 54.9 Å². The van der Waals surface area contributed by atoms with Crippen LogP contribution in [-0.2, 0) is 0 Å². The first-order valence-electron chi connectivity index (χ1n) is 6.25. The molecule has 1 fully saturated rings. The van der Waals surface area contributed by atoms with E-state index < -0.39 is 0 Å². The Balaban J connectivity index is 2.71. The highest BCUT2D eigenvalue weighted by molar-refractivity contribution is 4.90. The Morgan fingerprint density at radius 3 is 1.79 bits per heavy atom. The molecule has 84 valence electrons. The van der Waals surface area contributed by atoms with Crippen molar-refractivity contribution in [1.29, 1.82) is 0 Å². The molecule has 0 saturated heterocycles. The van der Waals surface area contributed by atoms with Gasteiger partial charge in [-0.05, 0) is 41.4 Å². The Morgan fingerprint density at radius 2 is 1.50 bits per heavy atom. The molecule has 0 aromatic heterocycles. The standard InChI is InChI=1S/C14H28/c1-9-8-13(11(3)10(9)2)12(4)14(5,6)7/h9-13H,8H2,1-7H3. The Labute approximate surface area is 90.5 Å². The van der Waals surface area contributed by atoms with E-state index in [-0.39, 0.29) is 0 Å². The van der Waals surface area contributed by atoms with Crippen LogP contribution in [0.25, 0.3) is 0 Å². The van der Waals surface area contributed by atoms with Crippen molar-refractivity contribution < 1.29 is 0 Å². The van der Waals surface area contributed by atoms with Crippen molar-refractivity contribution in [2.75, 3.05) is 0 Å². The van der Waals surface area contributed by atoms with E-state index in [0.29, 0.717) is 5.41 Å². The molecule has 14 heavy (non-hydrogen) atoms. The molecule has 0 aliphatic heterocycles. The van der Waals surface area contributed by atoms with Gasteiger partial charge in [0.2, 0.25) is 0 Å². The summed E-state index contributed by atoms with van der Waals surface area (Å²) in [7, 11) is 0. The first-order valence-corrected chi connectivity index (χ1v) is 6.25. The van der Waals surface area contributed by atoms with Crippen LogP contribution in [0.2, 0.25) is 0 Å². The number of hydrogen-bond donors (Lipinski definition) is 0. The Bertz CT molecular complexity index is 187. The molecule has 0 aromatic rings. The lowest BCUT2D eigenvalue weighted by Crippen LogP contribution is -2.28. The molecule has 1 saturated carbocycles. The summed E-state index contributed by atoms with van der Waals surface area (Å²) in [5, 5.41) is 0. The molecule has 0 spiro atoms. The van der Waals surface area contributed by atoms with Gasteiger partial charge in [-0.2, -0.15) is 0 Å². The maximum Gasteiger partial charge on any atom is -0.0352 e. The maximum atomic E-state index is 2.46. The van der Waals surface area contributed by atoms with Gasteiger partial charge < -0.3 is 0 Å². The lowest BCUT2D eigenvalue weighted by molar-refractivity contribution is 0.141. The van der Waals surface area contributed by atoms with Crippen LogP contribution >= 0.6 is 0 Å². The van der Waals surface area contributed by atoms with Gasteiger partial charge in [-0.1, -0.05) is 48.5 Å².